The summed E-state index contributed by atoms with van der Waals surface area (Å²) in [4.78, 5) is 9.09. The summed E-state index contributed by atoms with van der Waals surface area (Å²) in [6.07, 6.45) is 2.81. The molecule has 1 heterocycles. The number of amidine groups is 1. The molecule has 0 amide bonds. The molecule has 0 aromatic heterocycles. The molecule has 1 aliphatic rings. The average molecular weight is 313 g/mol. The van der Waals surface area contributed by atoms with Crippen LogP contribution in [-0.2, 0) is 6.42 Å². The van der Waals surface area contributed by atoms with Gasteiger partial charge >= 0.3 is 0 Å². The fraction of sp³-hybridized carbons (Fsp3) is 0.125. The van der Waals surface area contributed by atoms with E-state index < -0.39 is 0 Å². The Hall–Kier alpha value is -1.74. The van der Waals surface area contributed by atoms with Gasteiger partial charge in [-0.2, -0.15) is 0 Å². The monoisotopic (exact) mass is 312 g/mol. The van der Waals surface area contributed by atoms with E-state index in [0.717, 1.165) is 22.3 Å². The first-order valence-electron chi connectivity index (χ1n) is 6.24. The fourth-order valence-corrected chi connectivity index (χ4v) is 2.55. The van der Waals surface area contributed by atoms with Gasteiger partial charge in [0.15, 0.2) is 5.84 Å². The second-order valence-electron chi connectivity index (χ2n) is 4.46. The largest absolute Gasteiger partial charge is 0.257 e. The van der Waals surface area contributed by atoms with Crippen molar-refractivity contribution in [1.82, 2.24) is 0 Å². The van der Waals surface area contributed by atoms with Crippen LogP contribution in [0.4, 0.5) is 0 Å². The third-order valence-corrected chi connectivity index (χ3v) is 3.85. The van der Waals surface area contributed by atoms with Crippen molar-refractivity contribution in [3.05, 3.63) is 70.2 Å². The smallest absolute Gasteiger partial charge is 0.154 e. The molecule has 94 valence electrons. The van der Waals surface area contributed by atoms with E-state index in [0.29, 0.717) is 0 Å². The van der Waals surface area contributed by atoms with E-state index in [1.165, 1.54) is 5.56 Å². The molecule has 1 aliphatic heterocycles. The molecular weight excluding hydrogens is 300 g/mol. The van der Waals surface area contributed by atoms with Gasteiger partial charge in [-0.3, -0.25) is 4.99 Å². The highest BCUT2D eigenvalue weighted by Crippen LogP contribution is 2.20. The average Bonchev–Trinajstić information content (AvgIpc) is 2.91. The van der Waals surface area contributed by atoms with Gasteiger partial charge in [-0.1, -0.05) is 64.5 Å². The Kier molecular flexibility index (Phi) is 3.56. The van der Waals surface area contributed by atoms with Gasteiger partial charge in [0.25, 0.3) is 0 Å². The quantitative estimate of drug-likeness (QED) is 0.821. The number of hydrogen-bond acceptors (Lipinski definition) is 2. The highest BCUT2D eigenvalue weighted by molar-refractivity contribution is 9.10. The molecule has 19 heavy (non-hydrogen) atoms. The molecule has 0 radical (unpaired) electrons. The molecular formula is C16H13BrN2. The molecule has 1 atom stereocenters. The van der Waals surface area contributed by atoms with E-state index in [4.69, 9.17) is 0 Å². The Morgan fingerprint density at radius 1 is 0.947 bits per heavy atom. The number of nitrogens with zero attached hydrogens (tertiary/aromatic N) is 2. The molecule has 0 N–H and O–H groups in total. The van der Waals surface area contributed by atoms with Gasteiger partial charge in [-0.15, -0.1) is 0 Å². The Labute approximate surface area is 121 Å². The van der Waals surface area contributed by atoms with Crippen molar-refractivity contribution in [3.63, 3.8) is 0 Å². The Morgan fingerprint density at radius 2 is 1.68 bits per heavy atom. The van der Waals surface area contributed by atoms with Gasteiger partial charge in [0, 0.05) is 22.7 Å². The topological polar surface area (TPSA) is 24.7 Å². The fourth-order valence-electron chi connectivity index (χ4n) is 2.10. The first kappa shape index (κ1) is 12.3. The minimum atomic E-state index is 0.133. The van der Waals surface area contributed by atoms with Crippen molar-refractivity contribution in [2.45, 2.75) is 12.5 Å². The van der Waals surface area contributed by atoms with Crippen molar-refractivity contribution in [2.24, 2.45) is 9.98 Å². The van der Waals surface area contributed by atoms with Crippen LogP contribution < -0.4 is 0 Å². The van der Waals surface area contributed by atoms with Crippen molar-refractivity contribution >= 4 is 28.0 Å². The highest BCUT2D eigenvalue weighted by atomic mass is 79.9. The van der Waals surface area contributed by atoms with E-state index in [9.17, 15) is 0 Å². The SMILES string of the molecule is Brc1ccccc1CC1C=NC(c2ccccc2)=N1. The van der Waals surface area contributed by atoms with Crippen LogP contribution in [0.25, 0.3) is 0 Å². The zero-order chi connectivity index (χ0) is 13.1. The first-order chi connectivity index (χ1) is 9.33. The molecule has 0 bridgehead atoms. The second-order valence-corrected chi connectivity index (χ2v) is 5.31. The third kappa shape index (κ3) is 2.82. The Balaban J connectivity index is 1.78. The van der Waals surface area contributed by atoms with Crippen molar-refractivity contribution in [3.8, 4) is 0 Å². The van der Waals surface area contributed by atoms with Crippen molar-refractivity contribution in [1.29, 1.82) is 0 Å². The van der Waals surface area contributed by atoms with Crippen LogP contribution in [0.5, 0.6) is 0 Å². The van der Waals surface area contributed by atoms with E-state index in [-0.39, 0.29) is 6.04 Å². The molecule has 2 aromatic rings. The van der Waals surface area contributed by atoms with Crippen LogP contribution in [0.2, 0.25) is 0 Å². The predicted molar refractivity (Wildman–Crippen MR) is 83.1 cm³/mol. The summed E-state index contributed by atoms with van der Waals surface area (Å²) < 4.78 is 1.13. The molecule has 0 saturated carbocycles. The number of rotatable bonds is 3. The zero-order valence-electron chi connectivity index (χ0n) is 10.3. The van der Waals surface area contributed by atoms with Gasteiger partial charge < -0.3 is 0 Å². The van der Waals surface area contributed by atoms with Gasteiger partial charge in [0.1, 0.15) is 0 Å². The van der Waals surface area contributed by atoms with Gasteiger partial charge in [0.2, 0.25) is 0 Å². The van der Waals surface area contributed by atoms with Crippen LogP contribution in [-0.4, -0.2) is 18.1 Å². The normalized spacial score (nSPS) is 17.5. The van der Waals surface area contributed by atoms with Crippen LogP contribution in [0.3, 0.4) is 0 Å². The van der Waals surface area contributed by atoms with E-state index in [1.54, 1.807) is 0 Å². The molecule has 3 rings (SSSR count). The highest BCUT2D eigenvalue weighted by Gasteiger charge is 2.15. The summed E-state index contributed by atoms with van der Waals surface area (Å²) in [5, 5.41) is 0. The summed E-state index contributed by atoms with van der Waals surface area (Å²) in [6.45, 7) is 0. The molecule has 0 spiro atoms. The lowest BCUT2D eigenvalue weighted by atomic mass is 10.1. The maximum absolute atomic E-state index is 4.67. The minimum absolute atomic E-state index is 0.133. The standard InChI is InChI=1S/C16H13BrN2/c17-15-9-5-4-8-13(15)10-14-11-18-16(19-14)12-6-2-1-3-7-12/h1-9,11,14H,10H2. The molecule has 2 aromatic carbocycles. The van der Waals surface area contributed by atoms with Crippen molar-refractivity contribution < 1.29 is 0 Å². The van der Waals surface area contributed by atoms with Gasteiger partial charge in [0.05, 0.1) is 6.04 Å². The summed E-state index contributed by atoms with van der Waals surface area (Å²) in [7, 11) is 0. The van der Waals surface area contributed by atoms with E-state index in [2.05, 4.69) is 38.0 Å². The maximum atomic E-state index is 4.67. The van der Waals surface area contributed by atoms with Crippen molar-refractivity contribution in [2.75, 3.05) is 0 Å². The Bertz CT molecular complexity index is 632. The van der Waals surface area contributed by atoms with Gasteiger partial charge in [-0.25, -0.2) is 4.99 Å². The molecule has 0 aliphatic carbocycles. The first-order valence-corrected chi connectivity index (χ1v) is 7.03. The van der Waals surface area contributed by atoms with Gasteiger partial charge in [-0.05, 0) is 11.6 Å². The summed E-state index contributed by atoms with van der Waals surface area (Å²) >= 11 is 3.57. The molecule has 0 fully saturated rings. The third-order valence-electron chi connectivity index (χ3n) is 3.08. The molecule has 1 unspecified atom stereocenters. The lowest BCUT2D eigenvalue weighted by Crippen LogP contribution is -2.07. The summed E-state index contributed by atoms with van der Waals surface area (Å²) in [6, 6.07) is 18.5. The number of aliphatic imine (C=N–C) groups is 2. The maximum Gasteiger partial charge on any atom is 0.154 e. The molecule has 0 saturated heterocycles. The lowest BCUT2D eigenvalue weighted by molar-refractivity contribution is 0.876. The molecule has 2 nitrogen and oxygen atoms in total. The lowest BCUT2D eigenvalue weighted by Gasteiger charge is -2.06. The predicted octanol–water partition coefficient (Wildman–Crippen LogP) is 3.89. The zero-order valence-corrected chi connectivity index (χ0v) is 11.9. The van der Waals surface area contributed by atoms with Crippen LogP contribution in [0.1, 0.15) is 11.1 Å². The van der Waals surface area contributed by atoms with E-state index >= 15 is 0 Å². The van der Waals surface area contributed by atoms with Crippen LogP contribution >= 0.6 is 15.9 Å². The Morgan fingerprint density at radius 3 is 2.47 bits per heavy atom. The number of hydrogen-bond donors (Lipinski definition) is 0. The van der Waals surface area contributed by atoms with Crippen LogP contribution in [0, 0.1) is 0 Å². The minimum Gasteiger partial charge on any atom is -0.257 e. The molecule has 3 heteroatoms. The van der Waals surface area contributed by atoms with Crippen LogP contribution in [0.15, 0.2) is 69.1 Å². The summed E-state index contributed by atoms with van der Waals surface area (Å²) in [5.41, 5.74) is 2.34. The number of halogens is 1. The number of benzene rings is 2. The summed E-state index contributed by atoms with van der Waals surface area (Å²) in [5.74, 6) is 0.831. The second kappa shape index (κ2) is 5.49. The van der Waals surface area contributed by atoms with E-state index in [1.807, 2.05) is 48.7 Å².